The van der Waals surface area contributed by atoms with Crippen molar-refractivity contribution >= 4 is 29.1 Å². The van der Waals surface area contributed by atoms with Crippen LogP contribution in [0.3, 0.4) is 0 Å². The summed E-state index contributed by atoms with van der Waals surface area (Å²) in [5.41, 5.74) is 1.02. The largest absolute Gasteiger partial charge is 0.342 e. The van der Waals surface area contributed by atoms with Gasteiger partial charge in [-0.05, 0) is 43.9 Å². The molecule has 1 amide bonds. The first-order valence-corrected chi connectivity index (χ1v) is 8.27. The molecule has 0 radical (unpaired) electrons. The fourth-order valence-electron chi connectivity index (χ4n) is 3.24. The Morgan fingerprint density at radius 2 is 2.00 bits per heavy atom. The molecule has 5 heteroatoms. The number of carbonyl (C=O) groups is 1. The van der Waals surface area contributed by atoms with E-state index in [4.69, 9.17) is 23.2 Å². The van der Waals surface area contributed by atoms with E-state index in [0.29, 0.717) is 16.1 Å². The van der Waals surface area contributed by atoms with Crippen molar-refractivity contribution in [3.8, 4) is 0 Å². The molecule has 2 aliphatic rings. The third kappa shape index (κ3) is 3.05. The van der Waals surface area contributed by atoms with Gasteiger partial charge in [-0.3, -0.25) is 4.79 Å². The summed E-state index contributed by atoms with van der Waals surface area (Å²) in [5, 5.41) is 4.46. The van der Waals surface area contributed by atoms with E-state index in [9.17, 15) is 4.79 Å². The summed E-state index contributed by atoms with van der Waals surface area (Å²) in [6, 6.07) is 6.22. The lowest BCUT2D eigenvalue weighted by Gasteiger charge is -2.32. The van der Waals surface area contributed by atoms with Gasteiger partial charge in [-0.1, -0.05) is 35.3 Å². The van der Waals surface area contributed by atoms with E-state index in [1.54, 1.807) is 6.07 Å². The Morgan fingerprint density at radius 1 is 1.29 bits per heavy atom. The Kier molecular flexibility index (Phi) is 4.43. The number of nitrogens with one attached hydrogen (secondary N) is 1. The standard InChI is InChI=1S/C16H20Cl2N2O/c1-19-10-5-7-20(8-6-10)16(21)13-9-12(13)11-3-2-4-14(17)15(11)18/h2-4,10,12-13,19H,5-9H2,1H3/t12-,13-/m0/s1. The molecule has 3 rings (SSSR count). The topological polar surface area (TPSA) is 32.3 Å². The zero-order valence-electron chi connectivity index (χ0n) is 12.1. The van der Waals surface area contributed by atoms with Gasteiger partial charge in [0.1, 0.15) is 0 Å². The number of nitrogens with zero attached hydrogens (tertiary/aromatic N) is 1. The van der Waals surface area contributed by atoms with Gasteiger partial charge >= 0.3 is 0 Å². The summed E-state index contributed by atoms with van der Waals surface area (Å²) in [4.78, 5) is 14.6. The summed E-state index contributed by atoms with van der Waals surface area (Å²) in [5.74, 6) is 0.614. The van der Waals surface area contributed by atoms with Gasteiger partial charge in [0, 0.05) is 25.0 Å². The minimum absolute atomic E-state index is 0.0899. The summed E-state index contributed by atoms with van der Waals surface area (Å²) in [6.07, 6.45) is 2.97. The first-order valence-electron chi connectivity index (χ1n) is 7.51. The second-order valence-electron chi connectivity index (χ2n) is 5.98. The van der Waals surface area contributed by atoms with Crippen LogP contribution in [0.2, 0.25) is 10.0 Å². The van der Waals surface area contributed by atoms with Crippen molar-refractivity contribution in [2.75, 3.05) is 20.1 Å². The summed E-state index contributed by atoms with van der Waals surface area (Å²) in [6.45, 7) is 1.72. The predicted molar refractivity (Wildman–Crippen MR) is 86.0 cm³/mol. The van der Waals surface area contributed by atoms with Gasteiger partial charge in [-0.15, -0.1) is 0 Å². The average Bonchev–Trinajstić information content (AvgIpc) is 3.30. The lowest BCUT2D eigenvalue weighted by atomic mass is 10.0. The zero-order valence-corrected chi connectivity index (χ0v) is 13.6. The quantitative estimate of drug-likeness (QED) is 0.924. The zero-order chi connectivity index (χ0) is 15.0. The van der Waals surface area contributed by atoms with Crippen LogP contribution >= 0.6 is 23.2 Å². The van der Waals surface area contributed by atoms with E-state index in [1.165, 1.54) is 0 Å². The molecule has 1 N–H and O–H groups in total. The van der Waals surface area contributed by atoms with E-state index in [-0.39, 0.29) is 17.7 Å². The van der Waals surface area contributed by atoms with Gasteiger partial charge in [0.25, 0.3) is 0 Å². The lowest BCUT2D eigenvalue weighted by Crippen LogP contribution is -2.44. The third-order valence-corrected chi connectivity index (χ3v) is 5.54. The van der Waals surface area contributed by atoms with Crippen molar-refractivity contribution in [2.24, 2.45) is 5.92 Å². The van der Waals surface area contributed by atoms with Crippen LogP contribution in [0, 0.1) is 5.92 Å². The maximum Gasteiger partial charge on any atom is 0.226 e. The highest BCUT2D eigenvalue weighted by atomic mass is 35.5. The van der Waals surface area contributed by atoms with Crippen molar-refractivity contribution in [3.05, 3.63) is 33.8 Å². The molecular weight excluding hydrogens is 307 g/mol. The van der Waals surface area contributed by atoms with Gasteiger partial charge in [-0.2, -0.15) is 0 Å². The fourth-order valence-corrected chi connectivity index (χ4v) is 3.69. The number of hydrogen-bond acceptors (Lipinski definition) is 2. The summed E-state index contributed by atoms with van der Waals surface area (Å²) in [7, 11) is 1.99. The van der Waals surface area contributed by atoms with Crippen LogP contribution in [0.1, 0.15) is 30.7 Å². The molecule has 1 heterocycles. The smallest absolute Gasteiger partial charge is 0.226 e. The van der Waals surface area contributed by atoms with Crippen molar-refractivity contribution in [2.45, 2.75) is 31.2 Å². The molecule has 1 aliphatic heterocycles. The normalized spacial score (nSPS) is 26.0. The molecule has 1 saturated carbocycles. The van der Waals surface area contributed by atoms with E-state index in [1.807, 2.05) is 24.1 Å². The van der Waals surface area contributed by atoms with Crippen LogP contribution in [0.4, 0.5) is 0 Å². The molecule has 2 fully saturated rings. The average molecular weight is 327 g/mol. The highest BCUT2D eigenvalue weighted by Gasteiger charge is 2.47. The number of halogens is 2. The van der Waals surface area contributed by atoms with Crippen molar-refractivity contribution in [1.82, 2.24) is 10.2 Å². The number of benzene rings is 1. The van der Waals surface area contributed by atoms with Crippen LogP contribution in [-0.4, -0.2) is 37.0 Å². The SMILES string of the molecule is CNC1CCN(C(=O)[C@H]2C[C@H]2c2cccc(Cl)c2Cl)CC1. The second-order valence-corrected chi connectivity index (χ2v) is 6.77. The Balaban J connectivity index is 1.63. The van der Waals surface area contributed by atoms with E-state index < -0.39 is 0 Å². The molecule has 0 unspecified atom stereocenters. The number of rotatable bonds is 3. The van der Waals surface area contributed by atoms with Crippen LogP contribution < -0.4 is 5.32 Å². The van der Waals surface area contributed by atoms with E-state index >= 15 is 0 Å². The first-order chi connectivity index (χ1) is 10.1. The van der Waals surface area contributed by atoms with Crippen molar-refractivity contribution in [1.29, 1.82) is 0 Å². The molecule has 1 aromatic rings. The van der Waals surface area contributed by atoms with Crippen LogP contribution in [0.15, 0.2) is 18.2 Å². The maximum absolute atomic E-state index is 12.6. The van der Waals surface area contributed by atoms with Crippen molar-refractivity contribution in [3.63, 3.8) is 0 Å². The minimum atomic E-state index is 0.0899. The predicted octanol–water partition coefficient (Wildman–Crippen LogP) is 3.31. The summed E-state index contributed by atoms with van der Waals surface area (Å²) >= 11 is 12.3. The van der Waals surface area contributed by atoms with Crippen LogP contribution in [-0.2, 0) is 4.79 Å². The van der Waals surface area contributed by atoms with Gasteiger partial charge in [0.05, 0.1) is 10.0 Å². The minimum Gasteiger partial charge on any atom is -0.342 e. The number of piperidine rings is 1. The number of amides is 1. The Labute approximate surface area is 135 Å². The first kappa shape index (κ1) is 15.1. The molecule has 1 aliphatic carbocycles. The Hall–Kier alpha value is -0.770. The molecule has 21 heavy (non-hydrogen) atoms. The number of hydrogen-bond donors (Lipinski definition) is 1. The number of likely N-dealkylation sites (tertiary alicyclic amines) is 1. The summed E-state index contributed by atoms with van der Waals surface area (Å²) < 4.78 is 0. The van der Waals surface area contributed by atoms with Gasteiger partial charge < -0.3 is 10.2 Å². The Morgan fingerprint density at radius 3 is 2.67 bits per heavy atom. The van der Waals surface area contributed by atoms with Gasteiger partial charge in [0.15, 0.2) is 0 Å². The number of carbonyl (C=O) groups excluding carboxylic acids is 1. The fraction of sp³-hybridized carbons (Fsp3) is 0.562. The van der Waals surface area contributed by atoms with Crippen LogP contribution in [0.25, 0.3) is 0 Å². The van der Waals surface area contributed by atoms with Gasteiger partial charge in [0.2, 0.25) is 5.91 Å². The molecule has 0 spiro atoms. The van der Waals surface area contributed by atoms with Gasteiger partial charge in [-0.25, -0.2) is 0 Å². The molecule has 1 saturated heterocycles. The molecule has 0 bridgehead atoms. The van der Waals surface area contributed by atoms with Crippen LogP contribution in [0.5, 0.6) is 0 Å². The molecular formula is C16H20Cl2N2O. The van der Waals surface area contributed by atoms with Crippen molar-refractivity contribution < 1.29 is 4.79 Å². The molecule has 114 valence electrons. The molecule has 0 aromatic heterocycles. The second kappa shape index (κ2) is 6.15. The van der Waals surface area contributed by atoms with E-state index in [0.717, 1.165) is 37.9 Å². The molecule has 1 aromatic carbocycles. The maximum atomic E-state index is 12.6. The third-order valence-electron chi connectivity index (χ3n) is 4.70. The monoisotopic (exact) mass is 326 g/mol. The molecule has 2 atom stereocenters. The highest BCUT2D eigenvalue weighted by Crippen LogP contribution is 2.51. The van der Waals surface area contributed by atoms with E-state index in [2.05, 4.69) is 5.32 Å². The molecule has 3 nitrogen and oxygen atoms in total. The lowest BCUT2D eigenvalue weighted by molar-refractivity contribution is -0.133. The highest BCUT2D eigenvalue weighted by molar-refractivity contribution is 6.42. The Bertz CT molecular complexity index is 541.